The lowest BCUT2D eigenvalue weighted by molar-refractivity contribution is -0.138. The van der Waals surface area contributed by atoms with Gasteiger partial charge in [0.05, 0.1) is 34.3 Å². The fourth-order valence-corrected chi connectivity index (χ4v) is 4.77. The number of hydrogen-bond acceptors (Lipinski definition) is 8. The monoisotopic (exact) mass is 441 g/mol. The van der Waals surface area contributed by atoms with Crippen LogP contribution in [-0.2, 0) is 14.3 Å². The Bertz CT molecular complexity index is 1050. The van der Waals surface area contributed by atoms with E-state index < -0.39 is 11.6 Å². The summed E-state index contributed by atoms with van der Waals surface area (Å²) in [6.45, 7) is 4.01. The summed E-state index contributed by atoms with van der Waals surface area (Å²) in [5.74, 6) is -0.279. The number of tetrazole rings is 1. The normalized spacial score (nSPS) is 22.1. The van der Waals surface area contributed by atoms with Gasteiger partial charge in [-0.15, -0.1) is 5.10 Å². The quantitative estimate of drug-likeness (QED) is 0.638. The molecule has 168 valence electrons. The molecule has 11 heteroatoms. The van der Waals surface area contributed by atoms with Gasteiger partial charge in [-0.3, -0.25) is 14.7 Å². The average Bonchev–Trinajstić information content (AvgIpc) is 3.53. The van der Waals surface area contributed by atoms with Gasteiger partial charge in [0.15, 0.2) is 6.17 Å². The van der Waals surface area contributed by atoms with E-state index in [2.05, 4.69) is 25.4 Å². The number of nitrogens with zero attached hydrogens (tertiary/aromatic N) is 7. The second-order valence-electron chi connectivity index (χ2n) is 8.60. The van der Waals surface area contributed by atoms with Gasteiger partial charge < -0.3 is 9.64 Å². The van der Waals surface area contributed by atoms with Crippen LogP contribution in [0.5, 0.6) is 0 Å². The number of pyridine rings is 1. The summed E-state index contributed by atoms with van der Waals surface area (Å²) in [6, 6.07) is 3.38. The first-order valence-electron chi connectivity index (χ1n) is 10.7. The molecule has 0 aliphatic carbocycles. The maximum absolute atomic E-state index is 14.9. The van der Waals surface area contributed by atoms with E-state index in [1.54, 1.807) is 30.2 Å². The molecule has 2 aromatic rings. The number of hydrogen-bond donors (Lipinski definition) is 0. The van der Waals surface area contributed by atoms with Crippen LogP contribution in [0, 0.1) is 5.41 Å². The zero-order chi connectivity index (χ0) is 22.3. The van der Waals surface area contributed by atoms with Crippen LogP contribution < -0.4 is 0 Å². The summed E-state index contributed by atoms with van der Waals surface area (Å²) in [5, 5.41) is 10.9. The van der Waals surface area contributed by atoms with E-state index >= 15 is 0 Å². The van der Waals surface area contributed by atoms with Crippen molar-refractivity contribution >= 4 is 11.9 Å². The second kappa shape index (κ2) is 8.05. The first-order chi connectivity index (χ1) is 15.5. The molecule has 1 atom stereocenters. The maximum atomic E-state index is 14.9. The topological polar surface area (TPSA) is 106 Å². The molecule has 32 heavy (non-hydrogen) atoms. The Balaban J connectivity index is 1.18. The van der Waals surface area contributed by atoms with E-state index in [4.69, 9.17) is 4.74 Å². The van der Waals surface area contributed by atoms with Crippen LogP contribution >= 0.6 is 0 Å². The lowest BCUT2D eigenvalue weighted by Crippen LogP contribution is -2.45. The molecule has 0 N–H and O–H groups in total. The molecule has 3 aliphatic heterocycles. The predicted molar refractivity (Wildman–Crippen MR) is 109 cm³/mol. The Labute approximate surface area is 184 Å². The molecular weight excluding hydrogens is 417 g/mol. The molecule has 0 radical (unpaired) electrons. The molecule has 0 aromatic carbocycles. The molecule has 0 saturated carbocycles. The molecule has 5 heterocycles. The zero-order valence-corrected chi connectivity index (χ0v) is 17.8. The Morgan fingerprint density at radius 2 is 1.97 bits per heavy atom. The number of amides is 1. The average molecular weight is 441 g/mol. The van der Waals surface area contributed by atoms with Gasteiger partial charge in [0.2, 0.25) is 5.91 Å². The van der Waals surface area contributed by atoms with Crippen LogP contribution in [0.1, 0.15) is 38.1 Å². The van der Waals surface area contributed by atoms with Gasteiger partial charge in [-0.25, -0.2) is 9.18 Å². The molecular formula is C21H24FN7O3. The minimum atomic E-state index is -1.22. The Hall–Kier alpha value is -3.21. The van der Waals surface area contributed by atoms with Crippen molar-refractivity contribution in [3.8, 4) is 5.69 Å². The number of ether oxygens (including phenoxy) is 1. The van der Waals surface area contributed by atoms with Crippen molar-refractivity contribution in [2.75, 3.05) is 32.8 Å². The van der Waals surface area contributed by atoms with Gasteiger partial charge in [0.1, 0.15) is 12.9 Å². The van der Waals surface area contributed by atoms with Crippen LogP contribution in [0.2, 0.25) is 0 Å². The number of carbonyl (C=O) groups is 2. The van der Waals surface area contributed by atoms with Crippen molar-refractivity contribution in [1.82, 2.24) is 35.0 Å². The number of likely N-dealkylation sites (tertiary alicyclic amines) is 2. The van der Waals surface area contributed by atoms with E-state index in [9.17, 15) is 14.0 Å². The third-order valence-corrected chi connectivity index (χ3v) is 6.85. The molecule has 0 bridgehead atoms. The number of cyclic esters (lactones) is 1. The van der Waals surface area contributed by atoms with Crippen LogP contribution in [0.25, 0.3) is 5.69 Å². The third-order valence-electron chi connectivity index (χ3n) is 6.85. The summed E-state index contributed by atoms with van der Waals surface area (Å²) in [5.41, 5.74) is 1.81. The molecule has 0 unspecified atom stereocenters. The van der Waals surface area contributed by atoms with Gasteiger partial charge in [-0.2, -0.15) is 4.68 Å². The first-order valence-corrected chi connectivity index (χ1v) is 10.7. The number of esters is 1. The third kappa shape index (κ3) is 3.56. The molecule has 2 fully saturated rings. The molecule has 10 nitrogen and oxygen atoms in total. The summed E-state index contributed by atoms with van der Waals surface area (Å²) >= 11 is 0. The van der Waals surface area contributed by atoms with Crippen molar-refractivity contribution in [2.45, 2.75) is 32.4 Å². The van der Waals surface area contributed by atoms with Crippen molar-refractivity contribution in [3.63, 3.8) is 0 Å². The molecule has 2 saturated heterocycles. The van der Waals surface area contributed by atoms with Gasteiger partial charge in [-0.1, -0.05) is 0 Å². The smallest absolute Gasteiger partial charge is 0.336 e. The first kappa shape index (κ1) is 20.7. The number of aromatic nitrogens is 5. The highest BCUT2D eigenvalue weighted by Crippen LogP contribution is 2.44. The highest BCUT2D eigenvalue weighted by Gasteiger charge is 2.50. The van der Waals surface area contributed by atoms with Crippen molar-refractivity contribution in [1.29, 1.82) is 0 Å². The van der Waals surface area contributed by atoms with Gasteiger partial charge in [0, 0.05) is 13.1 Å². The molecule has 5 rings (SSSR count). The predicted octanol–water partition coefficient (Wildman–Crippen LogP) is 1.21. The van der Waals surface area contributed by atoms with Crippen LogP contribution in [0.3, 0.4) is 0 Å². The van der Waals surface area contributed by atoms with Crippen LogP contribution in [0.15, 0.2) is 35.9 Å². The van der Waals surface area contributed by atoms with Crippen molar-refractivity contribution in [3.05, 3.63) is 41.6 Å². The molecule has 2 aromatic heterocycles. The lowest BCUT2D eigenvalue weighted by Gasteiger charge is -2.38. The fourth-order valence-electron chi connectivity index (χ4n) is 4.77. The minimum absolute atomic E-state index is 0.0708. The second-order valence-corrected chi connectivity index (χ2v) is 8.60. The summed E-state index contributed by atoms with van der Waals surface area (Å²) in [7, 11) is 0. The van der Waals surface area contributed by atoms with E-state index in [0.717, 1.165) is 6.42 Å². The number of rotatable bonds is 5. The standard InChI is InChI=1S/C21H24FN7O3/c1-14-18(12-32-19(14)30)28-9-6-21(20(28)31)4-7-27(8-5-21)11-16(22)17-3-2-15(10-23-17)29-13-24-25-26-29/h2-3,10,13,16H,4-9,11-12H2,1H3/t16-/m1/s1. The lowest BCUT2D eigenvalue weighted by atomic mass is 9.77. The zero-order valence-electron chi connectivity index (χ0n) is 17.8. The van der Waals surface area contributed by atoms with Crippen LogP contribution in [-0.4, -0.2) is 79.7 Å². The summed E-state index contributed by atoms with van der Waals surface area (Å²) in [6.07, 6.45) is 3.89. The Morgan fingerprint density at radius 3 is 2.59 bits per heavy atom. The van der Waals surface area contributed by atoms with Gasteiger partial charge in [-0.05, 0) is 61.8 Å². The van der Waals surface area contributed by atoms with E-state index in [1.165, 1.54) is 11.0 Å². The Kier molecular flexibility index (Phi) is 5.20. The number of alkyl halides is 1. The SMILES string of the molecule is CC1=C(N2CCC3(CCN(C[C@@H](F)c4ccc(-n5cnnn5)cn4)CC3)C2=O)COC1=O. The minimum Gasteiger partial charge on any atom is -0.456 e. The van der Waals surface area contributed by atoms with Crippen molar-refractivity contribution < 1.29 is 18.7 Å². The van der Waals surface area contributed by atoms with E-state index in [-0.39, 0.29) is 25.0 Å². The van der Waals surface area contributed by atoms with E-state index in [0.29, 0.717) is 55.1 Å². The highest BCUT2D eigenvalue weighted by atomic mass is 19.1. The molecule has 1 spiro atoms. The van der Waals surface area contributed by atoms with Gasteiger partial charge >= 0.3 is 5.97 Å². The maximum Gasteiger partial charge on any atom is 0.336 e. The number of piperidine rings is 1. The highest BCUT2D eigenvalue weighted by molar-refractivity contribution is 5.94. The number of halogens is 1. The summed E-state index contributed by atoms with van der Waals surface area (Å²) < 4.78 is 21.4. The molecule has 3 aliphatic rings. The van der Waals surface area contributed by atoms with Crippen LogP contribution in [0.4, 0.5) is 4.39 Å². The number of carbonyl (C=O) groups excluding carboxylic acids is 2. The molecule has 1 amide bonds. The van der Waals surface area contributed by atoms with E-state index in [1.807, 2.05) is 0 Å². The van der Waals surface area contributed by atoms with Crippen molar-refractivity contribution in [2.24, 2.45) is 5.41 Å². The van der Waals surface area contributed by atoms with Gasteiger partial charge in [0.25, 0.3) is 0 Å². The summed E-state index contributed by atoms with van der Waals surface area (Å²) in [4.78, 5) is 32.9. The Morgan fingerprint density at radius 1 is 1.19 bits per heavy atom. The fraction of sp³-hybridized carbons (Fsp3) is 0.524. The largest absolute Gasteiger partial charge is 0.456 e.